The molecule has 6 heteroatoms. The van der Waals surface area contributed by atoms with Crippen LogP contribution in [0.5, 0.6) is 0 Å². The molecule has 0 atom stereocenters. The second-order valence-corrected chi connectivity index (χ2v) is 4.37. The van der Waals surface area contributed by atoms with Crippen LogP contribution < -0.4 is 16.6 Å². The Bertz CT molecular complexity index is 491. The number of nitrogens with one attached hydrogen (secondary N) is 2. The molecule has 0 saturated carbocycles. The van der Waals surface area contributed by atoms with Crippen molar-refractivity contribution in [3.63, 3.8) is 0 Å². The average Bonchev–Trinajstić information content (AvgIpc) is 2.25. The van der Waals surface area contributed by atoms with E-state index in [1.54, 1.807) is 13.8 Å². The summed E-state index contributed by atoms with van der Waals surface area (Å²) in [6, 6.07) is 2.67. The van der Waals surface area contributed by atoms with Crippen LogP contribution in [0.2, 0.25) is 0 Å². The van der Waals surface area contributed by atoms with Crippen LogP contribution in [0.4, 0.5) is 0 Å². The van der Waals surface area contributed by atoms with Crippen LogP contribution in [0.1, 0.15) is 24.2 Å². The van der Waals surface area contributed by atoms with Crippen LogP contribution in [-0.2, 0) is 4.79 Å². The molecule has 1 rings (SSSR count). The standard InChI is InChI=1S/C11H15N3O3/c1-11(2,10(12)17)6-14-9(16)7-3-4-13-8(15)5-7/h3-5H,6H2,1-2H3,(H2,12,17)(H,13,15)(H,14,16). The van der Waals surface area contributed by atoms with Crippen molar-refractivity contribution < 1.29 is 9.59 Å². The fraction of sp³-hybridized carbons (Fsp3) is 0.364. The van der Waals surface area contributed by atoms with E-state index in [2.05, 4.69) is 10.3 Å². The SMILES string of the molecule is CC(C)(CNC(=O)c1cc[nH]c(=O)c1)C(N)=O. The van der Waals surface area contributed by atoms with Gasteiger partial charge in [0, 0.05) is 24.4 Å². The lowest BCUT2D eigenvalue weighted by Crippen LogP contribution is -2.42. The van der Waals surface area contributed by atoms with Crippen LogP contribution in [-0.4, -0.2) is 23.3 Å². The minimum absolute atomic E-state index is 0.119. The number of aromatic amines is 1. The van der Waals surface area contributed by atoms with Crippen molar-refractivity contribution in [3.05, 3.63) is 34.2 Å². The highest BCUT2D eigenvalue weighted by molar-refractivity contribution is 5.94. The fourth-order valence-corrected chi connectivity index (χ4v) is 1.08. The van der Waals surface area contributed by atoms with Crippen molar-refractivity contribution in [2.75, 3.05) is 6.54 Å². The first kappa shape index (κ1) is 13.0. The van der Waals surface area contributed by atoms with Gasteiger partial charge in [-0.15, -0.1) is 0 Å². The molecule has 1 aromatic heterocycles. The molecule has 1 heterocycles. The molecule has 0 saturated heterocycles. The first-order valence-corrected chi connectivity index (χ1v) is 5.10. The first-order chi connectivity index (χ1) is 7.83. The summed E-state index contributed by atoms with van der Waals surface area (Å²) in [6.07, 6.45) is 1.39. The fourth-order valence-electron chi connectivity index (χ4n) is 1.08. The van der Waals surface area contributed by atoms with Gasteiger partial charge in [0.25, 0.3) is 5.91 Å². The van der Waals surface area contributed by atoms with Gasteiger partial charge in [0.05, 0.1) is 5.41 Å². The van der Waals surface area contributed by atoms with Gasteiger partial charge in [0.2, 0.25) is 11.5 Å². The first-order valence-electron chi connectivity index (χ1n) is 5.10. The number of nitrogens with two attached hydrogens (primary N) is 1. The number of carbonyl (C=O) groups is 2. The summed E-state index contributed by atoms with van der Waals surface area (Å²) in [5.74, 6) is -0.908. The van der Waals surface area contributed by atoms with E-state index in [4.69, 9.17) is 5.73 Å². The van der Waals surface area contributed by atoms with Crippen molar-refractivity contribution in [2.24, 2.45) is 11.1 Å². The maximum Gasteiger partial charge on any atom is 0.251 e. The number of carbonyl (C=O) groups excluding carboxylic acids is 2. The average molecular weight is 237 g/mol. The van der Waals surface area contributed by atoms with Gasteiger partial charge >= 0.3 is 0 Å². The van der Waals surface area contributed by atoms with Crippen molar-refractivity contribution in [3.8, 4) is 0 Å². The van der Waals surface area contributed by atoms with Crippen molar-refractivity contribution in [1.29, 1.82) is 0 Å². The van der Waals surface area contributed by atoms with Crippen molar-refractivity contribution >= 4 is 11.8 Å². The van der Waals surface area contributed by atoms with E-state index in [0.717, 1.165) is 0 Å². The monoisotopic (exact) mass is 237 g/mol. The highest BCUT2D eigenvalue weighted by atomic mass is 16.2. The largest absolute Gasteiger partial charge is 0.369 e. The highest BCUT2D eigenvalue weighted by Gasteiger charge is 2.25. The number of hydrogen-bond donors (Lipinski definition) is 3. The molecule has 17 heavy (non-hydrogen) atoms. The van der Waals surface area contributed by atoms with E-state index in [-0.39, 0.29) is 17.7 Å². The zero-order valence-corrected chi connectivity index (χ0v) is 9.74. The number of pyridine rings is 1. The normalized spacial score (nSPS) is 10.9. The number of amides is 2. The van der Waals surface area contributed by atoms with E-state index in [1.165, 1.54) is 18.3 Å². The molecule has 0 aliphatic heterocycles. The smallest absolute Gasteiger partial charge is 0.251 e. The second-order valence-electron chi connectivity index (χ2n) is 4.37. The van der Waals surface area contributed by atoms with E-state index in [1.807, 2.05) is 0 Å². The van der Waals surface area contributed by atoms with Crippen LogP contribution in [0.15, 0.2) is 23.1 Å². The maximum absolute atomic E-state index is 11.7. The van der Waals surface area contributed by atoms with Crippen molar-refractivity contribution in [1.82, 2.24) is 10.3 Å². The molecule has 0 aromatic carbocycles. The molecule has 6 nitrogen and oxygen atoms in total. The van der Waals surface area contributed by atoms with Gasteiger partial charge < -0.3 is 16.0 Å². The summed E-state index contributed by atoms with van der Waals surface area (Å²) in [4.78, 5) is 36.1. The summed E-state index contributed by atoms with van der Waals surface area (Å²) in [6.45, 7) is 3.38. The Morgan fingerprint density at radius 2 is 2.12 bits per heavy atom. The van der Waals surface area contributed by atoms with E-state index in [9.17, 15) is 14.4 Å². The zero-order chi connectivity index (χ0) is 13.1. The molecular formula is C11H15N3O3. The maximum atomic E-state index is 11.7. The molecule has 1 aromatic rings. The molecule has 4 N–H and O–H groups in total. The lowest BCUT2D eigenvalue weighted by atomic mass is 9.93. The molecular weight excluding hydrogens is 222 g/mol. The van der Waals surface area contributed by atoms with Crippen molar-refractivity contribution in [2.45, 2.75) is 13.8 Å². The second kappa shape index (κ2) is 4.82. The molecule has 0 aliphatic carbocycles. The Balaban J connectivity index is 2.69. The quantitative estimate of drug-likeness (QED) is 0.664. The predicted molar refractivity (Wildman–Crippen MR) is 62.4 cm³/mol. The van der Waals surface area contributed by atoms with Crippen LogP contribution in [0.3, 0.4) is 0 Å². The summed E-state index contributed by atoms with van der Waals surface area (Å²) in [5, 5.41) is 2.56. The Hall–Kier alpha value is -2.11. The molecule has 0 fully saturated rings. The number of primary amides is 1. The lowest BCUT2D eigenvalue weighted by molar-refractivity contribution is -0.125. The topological polar surface area (TPSA) is 105 Å². The molecule has 0 aliphatic rings. The van der Waals surface area contributed by atoms with Gasteiger partial charge in [0.1, 0.15) is 0 Å². The number of rotatable bonds is 4. The minimum Gasteiger partial charge on any atom is -0.369 e. The summed E-state index contributed by atoms with van der Waals surface area (Å²) < 4.78 is 0. The van der Waals surface area contributed by atoms with Crippen LogP contribution >= 0.6 is 0 Å². The lowest BCUT2D eigenvalue weighted by Gasteiger charge is -2.20. The van der Waals surface area contributed by atoms with Gasteiger partial charge in [-0.1, -0.05) is 0 Å². The third kappa shape index (κ3) is 3.44. The Morgan fingerprint density at radius 3 is 2.65 bits per heavy atom. The van der Waals surface area contributed by atoms with Gasteiger partial charge in [-0.2, -0.15) is 0 Å². The third-order valence-corrected chi connectivity index (χ3v) is 2.40. The number of hydrogen-bond acceptors (Lipinski definition) is 3. The number of aromatic nitrogens is 1. The Labute approximate surface area is 98.2 Å². The molecule has 0 radical (unpaired) electrons. The van der Waals surface area contributed by atoms with Gasteiger partial charge in [-0.25, -0.2) is 0 Å². The van der Waals surface area contributed by atoms with Crippen LogP contribution in [0.25, 0.3) is 0 Å². The van der Waals surface area contributed by atoms with Gasteiger partial charge in [0.15, 0.2) is 0 Å². The number of H-pyrrole nitrogens is 1. The molecule has 0 spiro atoms. The molecule has 0 unspecified atom stereocenters. The minimum atomic E-state index is -0.823. The molecule has 92 valence electrons. The molecule has 0 bridgehead atoms. The van der Waals surface area contributed by atoms with E-state index in [0.29, 0.717) is 0 Å². The highest BCUT2D eigenvalue weighted by Crippen LogP contribution is 2.12. The van der Waals surface area contributed by atoms with Gasteiger partial charge in [-0.3, -0.25) is 14.4 Å². The van der Waals surface area contributed by atoms with Crippen LogP contribution in [0, 0.1) is 5.41 Å². The Morgan fingerprint density at radius 1 is 1.47 bits per heavy atom. The summed E-state index contributed by atoms with van der Waals surface area (Å²) in [7, 11) is 0. The zero-order valence-electron chi connectivity index (χ0n) is 9.74. The predicted octanol–water partition coefficient (Wildman–Crippen LogP) is -0.384. The van der Waals surface area contributed by atoms with Gasteiger partial charge in [-0.05, 0) is 19.9 Å². The summed E-state index contributed by atoms with van der Waals surface area (Å²) >= 11 is 0. The molecule has 2 amide bonds. The summed E-state index contributed by atoms with van der Waals surface area (Å²) in [5.41, 5.74) is 4.24. The Kier molecular flexibility index (Phi) is 3.67. The van der Waals surface area contributed by atoms with E-state index < -0.39 is 17.2 Å². The van der Waals surface area contributed by atoms with E-state index >= 15 is 0 Å². The third-order valence-electron chi connectivity index (χ3n) is 2.40.